The Kier molecular flexibility index (Phi) is 3.31. The summed E-state index contributed by atoms with van der Waals surface area (Å²) < 4.78 is 0. The number of carbonyl (C=O) groups is 1. The van der Waals surface area contributed by atoms with Crippen molar-refractivity contribution in [3.05, 3.63) is 34.2 Å². The van der Waals surface area contributed by atoms with E-state index in [1.807, 2.05) is 18.7 Å². The van der Waals surface area contributed by atoms with Gasteiger partial charge in [-0.1, -0.05) is 6.07 Å². The molecule has 1 amide bonds. The van der Waals surface area contributed by atoms with Crippen molar-refractivity contribution >= 4 is 5.91 Å². The van der Waals surface area contributed by atoms with Gasteiger partial charge < -0.3 is 9.88 Å². The molecular formula is C13H18N2O2. The summed E-state index contributed by atoms with van der Waals surface area (Å²) in [5.41, 5.74) is 0.151. The smallest absolute Gasteiger partial charge is 0.270 e. The van der Waals surface area contributed by atoms with Crippen molar-refractivity contribution in [3.63, 3.8) is 0 Å². The Morgan fingerprint density at radius 2 is 2.18 bits per heavy atom. The number of nitrogens with zero attached hydrogens (tertiary/aromatic N) is 1. The summed E-state index contributed by atoms with van der Waals surface area (Å²) >= 11 is 0. The predicted molar refractivity (Wildman–Crippen MR) is 66.0 cm³/mol. The molecule has 1 heterocycles. The zero-order chi connectivity index (χ0) is 12.4. The Hall–Kier alpha value is -1.58. The van der Waals surface area contributed by atoms with Crippen molar-refractivity contribution in [2.75, 3.05) is 6.54 Å². The van der Waals surface area contributed by atoms with Crippen molar-refractivity contribution in [2.45, 2.75) is 32.7 Å². The number of aromatic nitrogens is 1. The highest BCUT2D eigenvalue weighted by Crippen LogP contribution is 2.30. The highest BCUT2D eigenvalue weighted by atomic mass is 16.2. The molecule has 2 rings (SSSR count). The second-order valence-corrected chi connectivity index (χ2v) is 4.92. The maximum atomic E-state index is 12.3. The fraction of sp³-hybridized carbons (Fsp3) is 0.538. The van der Waals surface area contributed by atoms with Crippen molar-refractivity contribution < 1.29 is 4.79 Å². The Morgan fingerprint density at radius 1 is 1.47 bits per heavy atom. The first-order valence-corrected chi connectivity index (χ1v) is 6.08. The molecule has 4 nitrogen and oxygen atoms in total. The van der Waals surface area contributed by atoms with Crippen molar-refractivity contribution in [1.29, 1.82) is 0 Å². The molecule has 0 bridgehead atoms. The molecule has 1 saturated carbocycles. The SMILES string of the molecule is CC(C)N(CC1CC1)C(=O)c1cccc(=O)[nH]1. The van der Waals surface area contributed by atoms with Crippen LogP contribution in [0.15, 0.2) is 23.0 Å². The summed E-state index contributed by atoms with van der Waals surface area (Å²) in [5.74, 6) is 0.571. The summed E-state index contributed by atoms with van der Waals surface area (Å²) in [6.07, 6.45) is 2.42. The minimum absolute atomic E-state index is 0.0791. The van der Waals surface area contributed by atoms with Gasteiger partial charge in [-0.05, 0) is 38.7 Å². The molecule has 17 heavy (non-hydrogen) atoms. The molecule has 92 valence electrons. The molecule has 1 aromatic heterocycles. The van der Waals surface area contributed by atoms with E-state index in [0.717, 1.165) is 6.54 Å². The first-order chi connectivity index (χ1) is 8.08. The van der Waals surface area contributed by atoms with Gasteiger partial charge in [0.05, 0.1) is 0 Å². The van der Waals surface area contributed by atoms with Crippen LogP contribution in [0.5, 0.6) is 0 Å². The molecule has 1 N–H and O–H groups in total. The number of H-pyrrole nitrogens is 1. The molecule has 1 aliphatic carbocycles. The molecular weight excluding hydrogens is 216 g/mol. The van der Waals surface area contributed by atoms with Gasteiger partial charge in [-0.3, -0.25) is 9.59 Å². The Bertz CT molecular complexity index is 460. The molecule has 0 unspecified atom stereocenters. The highest BCUT2D eigenvalue weighted by Gasteiger charge is 2.28. The Balaban J connectivity index is 2.17. The van der Waals surface area contributed by atoms with E-state index in [1.54, 1.807) is 12.1 Å². The number of hydrogen-bond donors (Lipinski definition) is 1. The van der Waals surface area contributed by atoms with Crippen LogP contribution in [-0.2, 0) is 0 Å². The third kappa shape index (κ3) is 2.96. The number of hydrogen-bond acceptors (Lipinski definition) is 2. The van der Waals surface area contributed by atoms with Gasteiger partial charge in [0.1, 0.15) is 5.69 Å². The molecule has 1 fully saturated rings. The fourth-order valence-electron chi connectivity index (χ4n) is 1.83. The molecule has 0 radical (unpaired) electrons. The van der Waals surface area contributed by atoms with E-state index < -0.39 is 0 Å². The number of amides is 1. The monoisotopic (exact) mass is 234 g/mol. The van der Waals surface area contributed by atoms with Crippen LogP contribution in [0.25, 0.3) is 0 Å². The summed E-state index contributed by atoms with van der Waals surface area (Å²) in [6, 6.07) is 4.84. The van der Waals surface area contributed by atoms with E-state index in [9.17, 15) is 9.59 Å². The van der Waals surface area contributed by atoms with Gasteiger partial charge in [0, 0.05) is 18.7 Å². The van der Waals surface area contributed by atoms with E-state index in [2.05, 4.69) is 4.98 Å². The highest BCUT2D eigenvalue weighted by molar-refractivity contribution is 5.92. The molecule has 0 saturated heterocycles. The van der Waals surface area contributed by atoms with Crippen LogP contribution in [0.2, 0.25) is 0 Å². The number of pyridine rings is 1. The van der Waals surface area contributed by atoms with Crippen molar-refractivity contribution in [1.82, 2.24) is 9.88 Å². The lowest BCUT2D eigenvalue weighted by Crippen LogP contribution is -2.39. The molecule has 0 spiro atoms. The molecule has 1 aliphatic rings. The van der Waals surface area contributed by atoms with Crippen LogP contribution < -0.4 is 5.56 Å². The van der Waals surface area contributed by atoms with Crippen LogP contribution in [0.1, 0.15) is 37.2 Å². The van der Waals surface area contributed by atoms with E-state index in [4.69, 9.17) is 0 Å². The first kappa shape index (κ1) is 11.9. The van der Waals surface area contributed by atoms with E-state index in [1.165, 1.54) is 18.9 Å². The molecule has 0 aromatic carbocycles. The van der Waals surface area contributed by atoms with E-state index in [-0.39, 0.29) is 17.5 Å². The topological polar surface area (TPSA) is 53.2 Å². The second kappa shape index (κ2) is 4.73. The lowest BCUT2D eigenvalue weighted by Gasteiger charge is -2.26. The Morgan fingerprint density at radius 3 is 2.71 bits per heavy atom. The van der Waals surface area contributed by atoms with Crippen LogP contribution in [-0.4, -0.2) is 28.4 Å². The lowest BCUT2D eigenvalue weighted by atomic mass is 10.2. The molecule has 1 aromatic rings. The normalized spacial score (nSPS) is 15.0. The standard InChI is InChI=1S/C13H18N2O2/c1-9(2)15(8-10-6-7-10)13(17)11-4-3-5-12(16)14-11/h3-5,9-10H,6-8H2,1-2H3,(H,14,16). The summed E-state index contributed by atoms with van der Waals surface area (Å²) in [6.45, 7) is 4.80. The van der Waals surface area contributed by atoms with Crippen LogP contribution in [0.4, 0.5) is 0 Å². The molecule has 0 aliphatic heterocycles. The third-order valence-corrected chi connectivity index (χ3v) is 3.03. The van der Waals surface area contributed by atoms with E-state index >= 15 is 0 Å². The number of rotatable bonds is 4. The molecule has 0 atom stereocenters. The van der Waals surface area contributed by atoms with Gasteiger partial charge >= 0.3 is 0 Å². The molecule has 4 heteroatoms. The van der Waals surface area contributed by atoms with E-state index in [0.29, 0.717) is 11.6 Å². The number of carbonyl (C=O) groups excluding carboxylic acids is 1. The Labute approximate surface area is 101 Å². The third-order valence-electron chi connectivity index (χ3n) is 3.03. The average Bonchev–Trinajstić information content (AvgIpc) is 3.08. The largest absolute Gasteiger partial charge is 0.335 e. The van der Waals surface area contributed by atoms with Gasteiger partial charge in [0.2, 0.25) is 5.56 Å². The zero-order valence-corrected chi connectivity index (χ0v) is 10.3. The zero-order valence-electron chi connectivity index (χ0n) is 10.3. The van der Waals surface area contributed by atoms with Crippen molar-refractivity contribution in [2.24, 2.45) is 5.92 Å². The number of aromatic amines is 1. The summed E-state index contributed by atoms with van der Waals surface area (Å²) in [5, 5.41) is 0. The summed E-state index contributed by atoms with van der Waals surface area (Å²) in [7, 11) is 0. The van der Waals surface area contributed by atoms with Gasteiger partial charge in [-0.25, -0.2) is 0 Å². The fourth-order valence-corrected chi connectivity index (χ4v) is 1.83. The maximum absolute atomic E-state index is 12.3. The minimum Gasteiger partial charge on any atom is -0.335 e. The van der Waals surface area contributed by atoms with Crippen LogP contribution in [0.3, 0.4) is 0 Å². The number of nitrogens with one attached hydrogen (secondary N) is 1. The first-order valence-electron chi connectivity index (χ1n) is 6.08. The quantitative estimate of drug-likeness (QED) is 0.861. The van der Waals surface area contributed by atoms with Crippen LogP contribution in [0, 0.1) is 5.92 Å². The average molecular weight is 234 g/mol. The second-order valence-electron chi connectivity index (χ2n) is 4.92. The van der Waals surface area contributed by atoms with Gasteiger partial charge in [-0.2, -0.15) is 0 Å². The maximum Gasteiger partial charge on any atom is 0.270 e. The predicted octanol–water partition coefficient (Wildman–Crippen LogP) is 1.64. The van der Waals surface area contributed by atoms with Gasteiger partial charge in [0.25, 0.3) is 5.91 Å². The van der Waals surface area contributed by atoms with Crippen molar-refractivity contribution in [3.8, 4) is 0 Å². The minimum atomic E-state index is -0.231. The van der Waals surface area contributed by atoms with Gasteiger partial charge in [-0.15, -0.1) is 0 Å². The van der Waals surface area contributed by atoms with Crippen LogP contribution >= 0.6 is 0 Å². The van der Waals surface area contributed by atoms with Gasteiger partial charge in [0.15, 0.2) is 0 Å². The summed E-state index contributed by atoms with van der Waals surface area (Å²) in [4.78, 5) is 27.9. The lowest BCUT2D eigenvalue weighted by molar-refractivity contribution is 0.0690.